The highest BCUT2D eigenvalue weighted by Gasteiger charge is 2.26. The summed E-state index contributed by atoms with van der Waals surface area (Å²) in [7, 11) is 0. The summed E-state index contributed by atoms with van der Waals surface area (Å²) in [5.74, 6) is -2.75. The van der Waals surface area contributed by atoms with E-state index in [0.29, 0.717) is 10.1 Å². The normalized spacial score (nSPS) is 11.5. The number of esters is 1. The zero-order valence-corrected chi connectivity index (χ0v) is 16.7. The molecule has 0 unspecified atom stereocenters. The Labute approximate surface area is 168 Å². The molecule has 1 aromatic carbocycles. The second-order valence-corrected chi connectivity index (χ2v) is 8.32. The average Bonchev–Trinajstić information content (AvgIpc) is 2.96. The molecule has 0 atom stereocenters. The summed E-state index contributed by atoms with van der Waals surface area (Å²) in [4.78, 5) is 28.3. The van der Waals surface area contributed by atoms with Gasteiger partial charge in [-0.3, -0.25) is 4.98 Å². The maximum Gasteiger partial charge on any atom is 0.348 e. The Morgan fingerprint density at radius 3 is 2.64 bits per heavy atom. The highest BCUT2D eigenvalue weighted by atomic mass is 35.5. The van der Waals surface area contributed by atoms with E-state index in [1.807, 2.05) is 0 Å². The van der Waals surface area contributed by atoms with E-state index in [0.717, 1.165) is 17.4 Å². The molecule has 2 heterocycles. The number of carbonyl (C=O) groups is 2. The number of carboxylic acid groups (broad SMARTS) is 1. The van der Waals surface area contributed by atoms with Gasteiger partial charge in [0.1, 0.15) is 21.9 Å². The van der Waals surface area contributed by atoms with Crippen LogP contribution in [-0.4, -0.2) is 27.6 Å². The summed E-state index contributed by atoms with van der Waals surface area (Å²) in [6.07, 6.45) is 3.07. The van der Waals surface area contributed by atoms with Crippen molar-refractivity contribution in [2.75, 3.05) is 5.32 Å². The van der Waals surface area contributed by atoms with Crippen LogP contribution in [0.1, 0.15) is 40.8 Å². The van der Waals surface area contributed by atoms with E-state index in [9.17, 15) is 19.1 Å². The fourth-order valence-electron chi connectivity index (χ4n) is 2.54. The minimum atomic E-state index is -1.14. The van der Waals surface area contributed by atoms with Crippen molar-refractivity contribution < 1.29 is 23.8 Å². The monoisotopic (exact) mass is 422 g/mol. The van der Waals surface area contributed by atoms with Crippen LogP contribution < -0.4 is 5.32 Å². The third kappa shape index (κ3) is 3.93. The molecule has 0 saturated carbocycles. The van der Waals surface area contributed by atoms with Gasteiger partial charge < -0.3 is 15.2 Å². The van der Waals surface area contributed by atoms with Crippen molar-refractivity contribution in [2.24, 2.45) is 0 Å². The lowest BCUT2D eigenvalue weighted by atomic mass is 10.1. The number of pyridine rings is 1. The molecule has 2 N–H and O–H groups in total. The van der Waals surface area contributed by atoms with Crippen molar-refractivity contribution in [1.29, 1.82) is 0 Å². The van der Waals surface area contributed by atoms with Gasteiger partial charge in [0.25, 0.3) is 0 Å². The zero-order valence-electron chi connectivity index (χ0n) is 15.2. The quantitative estimate of drug-likeness (QED) is 0.541. The van der Waals surface area contributed by atoms with Gasteiger partial charge in [0, 0.05) is 17.8 Å². The number of halogens is 2. The maximum atomic E-state index is 14.0. The highest BCUT2D eigenvalue weighted by Crippen LogP contribution is 2.39. The Morgan fingerprint density at radius 1 is 1.29 bits per heavy atom. The SMILES string of the molecule is CC(C)(C)OC(=O)c1c(Nc2c(C(=O)O)sc3cnccc23)ccc(F)c1Cl. The van der Waals surface area contributed by atoms with Crippen LogP contribution in [0.5, 0.6) is 0 Å². The number of hydrogen-bond acceptors (Lipinski definition) is 6. The molecule has 0 bridgehead atoms. The first-order valence-electron chi connectivity index (χ1n) is 8.16. The fourth-order valence-corrected chi connectivity index (χ4v) is 3.75. The van der Waals surface area contributed by atoms with Crippen molar-refractivity contribution in [3.05, 3.63) is 51.9 Å². The number of benzene rings is 1. The summed E-state index contributed by atoms with van der Waals surface area (Å²) in [5.41, 5.74) is -0.625. The number of aromatic nitrogens is 1. The van der Waals surface area contributed by atoms with Crippen LogP contribution in [0.25, 0.3) is 10.1 Å². The van der Waals surface area contributed by atoms with Crippen molar-refractivity contribution in [3.8, 4) is 0 Å². The molecule has 0 aliphatic carbocycles. The average molecular weight is 423 g/mol. The van der Waals surface area contributed by atoms with Crippen LogP contribution in [-0.2, 0) is 4.74 Å². The van der Waals surface area contributed by atoms with Gasteiger partial charge in [-0.2, -0.15) is 0 Å². The van der Waals surface area contributed by atoms with E-state index in [4.69, 9.17) is 16.3 Å². The number of anilines is 2. The predicted octanol–water partition coefficient (Wildman–Crippen LogP) is 5.49. The number of fused-ring (bicyclic) bond motifs is 1. The predicted molar refractivity (Wildman–Crippen MR) is 106 cm³/mol. The third-order valence-corrected chi connectivity index (χ3v) is 5.14. The maximum absolute atomic E-state index is 14.0. The van der Waals surface area contributed by atoms with E-state index in [1.54, 1.807) is 33.0 Å². The molecule has 0 spiro atoms. The van der Waals surface area contributed by atoms with Crippen LogP contribution in [0.15, 0.2) is 30.6 Å². The van der Waals surface area contributed by atoms with Crippen molar-refractivity contribution in [2.45, 2.75) is 26.4 Å². The molecule has 146 valence electrons. The van der Waals surface area contributed by atoms with Gasteiger partial charge in [-0.1, -0.05) is 11.6 Å². The molecule has 0 fully saturated rings. The second-order valence-electron chi connectivity index (χ2n) is 6.89. The number of ether oxygens (including phenoxy) is 1. The molecule has 3 aromatic rings. The van der Waals surface area contributed by atoms with E-state index in [-0.39, 0.29) is 21.8 Å². The second kappa shape index (κ2) is 7.37. The molecule has 9 heteroatoms. The van der Waals surface area contributed by atoms with Crippen molar-refractivity contribution >= 4 is 56.3 Å². The van der Waals surface area contributed by atoms with Crippen LogP contribution in [0.4, 0.5) is 15.8 Å². The first-order valence-corrected chi connectivity index (χ1v) is 9.36. The van der Waals surface area contributed by atoms with Crippen LogP contribution in [0.2, 0.25) is 5.02 Å². The standard InChI is InChI=1S/C19H16ClFN2O4S/c1-19(2,3)27-18(26)13-11(5-4-10(21)14(13)20)23-15-9-6-7-22-8-12(9)28-16(15)17(24)25/h4-8,23H,1-3H3,(H,24,25). The number of hydrogen-bond donors (Lipinski definition) is 2. The number of rotatable bonds is 4. The Kier molecular flexibility index (Phi) is 5.27. The summed E-state index contributed by atoms with van der Waals surface area (Å²) >= 11 is 7.08. The van der Waals surface area contributed by atoms with Gasteiger partial charge in [0.15, 0.2) is 0 Å². The summed E-state index contributed by atoms with van der Waals surface area (Å²) in [6.45, 7) is 5.02. The Balaban J connectivity index is 2.15. The lowest BCUT2D eigenvalue weighted by molar-refractivity contribution is 0.00703. The molecule has 0 aliphatic rings. The molecular weight excluding hydrogens is 407 g/mol. The van der Waals surface area contributed by atoms with Gasteiger partial charge in [-0.25, -0.2) is 14.0 Å². The summed E-state index contributed by atoms with van der Waals surface area (Å²) in [5, 5.41) is 12.7. The smallest absolute Gasteiger partial charge is 0.348 e. The molecule has 0 radical (unpaired) electrons. The lowest BCUT2D eigenvalue weighted by Gasteiger charge is -2.21. The van der Waals surface area contributed by atoms with Crippen molar-refractivity contribution in [1.82, 2.24) is 4.98 Å². The molecule has 28 heavy (non-hydrogen) atoms. The number of thiophene rings is 1. The van der Waals surface area contributed by atoms with Gasteiger partial charge in [0.05, 0.1) is 21.1 Å². The van der Waals surface area contributed by atoms with Crippen LogP contribution >= 0.6 is 22.9 Å². The van der Waals surface area contributed by atoms with Gasteiger partial charge in [-0.15, -0.1) is 11.3 Å². The largest absolute Gasteiger partial charge is 0.477 e. The molecule has 0 aliphatic heterocycles. The molecule has 0 amide bonds. The number of carboxylic acids is 1. The van der Waals surface area contributed by atoms with Gasteiger partial charge in [-0.05, 0) is 39.0 Å². The Hall–Kier alpha value is -2.71. The summed E-state index contributed by atoms with van der Waals surface area (Å²) < 4.78 is 20.0. The Morgan fingerprint density at radius 2 is 2.00 bits per heavy atom. The molecule has 6 nitrogen and oxygen atoms in total. The van der Waals surface area contributed by atoms with Gasteiger partial charge in [0.2, 0.25) is 0 Å². The van der Waals surface area contributed by atoms with Gasteiger partial charge >= 0.3 is 11.9 Å². The lowest BCUT2D eigenvalue weighted by Crippen LogP contribution is -2.24. The fraction of sp³-hybridized carbons (Fsp3) is 0.211. The van der Waals surface area contributed by atoms with Crippen LogP contribution in [0.3, 0.4) is 0 Å². The van der Waals surface area contributed by atoms with E-state index < -0.39 is 28.4 Å². The molecule has 0 saturated heterocycles. The third-order valence-electron chi connectivity index (χ3n) is 3.64. The van der Waals surface area contributed by atoms with E-state index >= 15 is 0 Å². The molecule has 2 aromatic heterocycles. The van der Waals surface area contributed by atoms with E-state index in [1.165, 1.54) is 12.3 Å². The minimum absolute atomic E-state index is 0.0265. The first kappa shape index (κ1) is 20.0. The number of aromatic carboxylic acids is 1. The number of carbonyl (C=O) groups excluding carboxylic acids is 1. The summed E-state index contributed by atoms with van der Waals surface area (Å²) in [6, 6.07) is 4.06. The molecular formula is C19H16ClFN2O4S. The van der Waals surface area contributed by atoms with E-state index in [2.05, 4.69) is 10.3 Å². The number of nitrogens with one attached hydrogen (secondary N) is 1. The van der Waals surface area contributed by atoms with Crippen LogP contribution in [0, 0.1) is 5.82 Å². The topological polar surface area (TPSA) is 88.5 Å². The first-order chi connectivity index (χ1) is 13.1. The Bertz CT molecular complexity index is 1090. The zero-order chi connectivity index (χ0) is 20.6. The van der Waals surface area contributed by atoms with Crippen molar-refractivity contribution in [3.63, 3.8) is 0 Å². The molecule has 3 rings (SSSR count). The highest BCUT2D eigenvalue weighted by molar-refractivity contribution is 7.21. The minimum Gasteiger partial charge on any atom is -0.477 e. The number of nitrogens with zero attached hydrogens (tertiary/aromatic N) is 1.